The molecule has 1 fully saturated rings. The maximum absolute atomic E-state index is 13.6. The van der Waals surface area contributed by atoms with E-state index < -0.39 is 12.5 Å². The Morgan fingerprint density at radius 3 is 2.66 bits per heavy atom. The Morgan fingerprint density at radius 1 is 1.16 bits per heavy atom. The van der Waals surface area contributed by atoms with Crippen molar-refractivity contribution in [2.24, 2.45) is 7.05 Å². The van der Waals surface area contributed by atoms with Crippen LogP contribution in [0.3, 0.4) is 0 Å². The highest BCUT2D eigenvalue weighted by Crippen LogP contribution is 2.29. The number of alkyl halides is 2. The Bertz CT molecular complexity index is 1480. The van der Waals surface area contributed by atoms with E-state index in [1.54, 1.807) is 6.20 Å². The van der Waals surface area contributed by atoms with E-state index in [9.17, 15) is 18.4 Å². The molecule has 3 aromatic heterocycles. The highest BCUT2D eigenvalue weighted by atomic mass is 19.3. The van der Waals surface area contributed by atoms with E-state index >= 15 is 0 Å². The number of pyridine rings is 1. The van der Waals surface area contributed by atoms with Crippen molar-refractivity contribution in [2.45, 2.75) is 38.8 Å². The van der Waals surface area contributed by atoms with Crippen LogP contribution < -0.4 is 10.1 Å². The van der Waals surface area contributed by atoms with E-state index in [-0.39, 0.29) is 29.4 Å². The first kappa shape index (κ1) is 25.4. The molecule has 0 saturated carbocycles. The summed E-state index contributed by atoms with van der Waals surface area (Å²) in [6, 6.07) is 12.5. The van der Waals surface area contributed by atoms with Crippen LogP contribution in [0.25, 0.3) is 5.65 Å². The van der Waals surface area contributed by atoms with Crippen LogP contribution in [0.2, 0.25) is 0 Å². The van der Waals surface area contributed by atoms with Crippen LogP contribution in [-0.4, -0.2) is 61.6 Å². The molecule has 4 heterocycles. The van der Waals surface area contributed by atoms with Crippen LogP contribution >= 0.6 is 0 Å². The first-order valence-corrected chi connectivity index (χ1v) is 12.3. The number of likely N-dealkylation sites (tertiary alicyclic amines) is 1. The van der Waals surface area contributed by atoms with E-state index in [0.717, 1.165) is 22.5 Å². The summed E-state index contributed by atoms with van der Waals surface area (Å²) >= 11 is 0. The number of ether oxygens (including phenoxy) is 1. The van der Waals surface area contributed by atoms with Gasteiger partial charge in [0, 0.05) is 56.3 Å². The minimum Gasteiger partial charge on any atom is -0.415 e. The maximum Gasteiger partial charge on any atom is 0.388 e. The van der Waals surface area contributed by atoms with E-state index in [2.05, 4.69) is 20.1 Å². The molecule has 4 aromatic rings. The Morgan fingerprint density at radius 2 is 1.92 bits per heavy atom. The number of aryl methyl sites for hydroxylation is 3. The SMILES string of the molecule is Cc1cc(C(=O)N2CC[C@@H](NC(=O)c3cc(OC(F)F)nn3C)[C@@H](c3ccccc3)C2)cn2c(C)cnc12. The molecule has 1 N–H and O–H groups in total. The number of fused-ring (bicyclic) bond motifs is 1. The third kappa shape index (κ3) is 4.96. The fraction of sp³-hybridized carbons (Fsp3) is 0.333. The van der Waals surface area contributed by atoms with Crippen molar-refractivity contribution in [1.82, 2.24) is 29.4 Å². The van der Waals surface area contributed by atoms with Gasteiger partial charge in [-0.05, 0) is 37.5 Å². The summed E-state index contributed by atoms with van der Waals surface area (Å²) in [5.74, 6) is -1.04. The molecular weight excluding hydrogens is 494 g/mol. The van der Waals surface area contributed by atoms with Gasteiger partial charge in [0.05, 0.1) is 5.56 Å². The van der Waals surface area contributed by atoms with Crippen molar-refractivity contribution in [1.29, 1.82) is 0 Å². The van der Waals surface area contributed by atoms with Gasteiger partial charge in [-0.3, -0.25) is 14.3 Å². The quantitative estimate of drug-likeness (QED) is 0.417. The molecule has 1 aliphatic heterocycles. The van der Waals surface area contributed by atoms with Crippen molar-refractivity contribution >= 4 is 17.5 Å². The maximum atomic E-state index is 13.6. The number of halogens is 2. The number of nitrogens with zero attached hydrogens (tertiary/aromatic N) is 5. The number of benzene rings is 1. The molecule has 0 radical (unpaired) electrons. The van der Waals surface area contributed by atoms with Gasteiger partial charge < -0.3 is 19.4 Å². The summed E-state index contributed by atoms with van der Waals surface area (Å²) < 4.78 is 32.6. The molecule has 38 heavy (non-hydrogen) atoms. The molecular formula is C27H28F2N6O3. The molecule has 0 spiro atoms. The third-order valence-corrected chi connectivity index (χ3v) is 6.97. The van der Waals surface area contributed by atoms with Gasteiger partial charge in [-0.25, -0.2) is 4.98 Å². The number of carbonyl (C=O) groups excluding carboxylic acids is 2. The van der Waals surface area contributed by atoms with Gasteiger partial charge in [-0.15, -0.1) is 5.10 Å². The second-order valence-electron chi connectivity index (χ2n) is 9.51. The Kier molecular flexibility index (Phi) is 6.83. The van der Waals surface area contributed by atoms with Gasteiger partial charge in [0.1, 0.15) is 11.3 Å². The lowest BCUT2D eigenvalue weighted by molar-refractivity contribution is -0.0531. The van der Waals surface area contributed by atoms with Crippen LogP contribution in [0.4, 0.5) is 8.78 Å². The number of hydrogen-bond acceptors (Lipinski definition) is 5. The molecule has 198 valence electrons. The third-order valence-electron chi connectivity index (χ3n) is 6.97. The normalized spacial score (nSPS) is 17.7. The van der Waals surface area contributed by atoms with E-state index in [1.165, 1.54) is 17.8 Å². The summed E-state index contributed by atoms with van der Waals surface area (Å²) in [4.78, 5) is 32.9. The standard InChI is InChI=1S/C27H28F2N6O3/c1-16-11-19(14-35-17(2)13-30-24(16)35)26(37)34-10-9-21(20(15-34)18-7-5-4-6-8-18)31-25(36)22-12-23(32-33(22)3)38-27(28)29/h4-8,11-14,20-21,27H,9-10,15H2,1-3H3,(H,31,36)/t20-,21-/m1/s1. The highest BCUT2D eigenvalue weighted by Gasteiger charge is 2.34. The van der Waals surface area contributed by atoms with Crippen molar-refractivity contribution < 1.29 is 23.1 Å². The highest BCUT2D eigenvalue weighted by molar-refractivity contribution is 5.95. The summed E-state index contributed by atoms with van der Waals surface area (Å²) in [5, 5.41) is 6.87. The van der Waals surface area contributed by atoms with Crippen LogP contribution in [0, 0.1) is 13.8 Å². The lowest BCUT2D eigenvalue weighted by atomic mass is 9.85. The fourth-order valence-electron chi connectivity index (χ4n) is 5.07. The van der Waals surface area contributed by atoms with Crippen molar-refractivity contribution in [2.75, 3.05) is 13.1 Å². The Balaban J connectivity index is 1.38. The Labute approximate surface area is 218 Å². The monoisotopic (exact) mass is 522 g/mol. The number of imidazole rings is 1. The zero-order valence-electron chi connectivity index (χ0n) is 21.3. The number of rotatable bonds is 6. The predicted octanol–water partition coefficient (Wildman–Crippen LogP) is 3.71. The molecule has 1 saturated heterocycles. The van der Waals surface area contributed by atoms with Gasteiger partial charge in [-0.1, -0.05) is 30.3 Å². The minimum atomic E-state index is -3.03. The number of aromatic nitrogens is 4. The number of amides is 2. The van der Waals surface area contributed by atoms with Gasteiger partial charge >= 0.3 is 6.61 Å². The molecule has 0 unspecified atom stereocenters. The van der Waals surface area contributed by atoms with Gasteiger partial charge in [-0.2, -0.15) is 8.78 Å². The molecule has 9 nitrogen and oxygen atoms in total. The topological polar surface area (TPSA) is 93.8 Å². The van der Waals surface area contributed by atoms with Crippen LogP contribution in [0.5, 0.6) is 5.88 Å². The first-order chi connectivity index (χ1) is 18.2. The zero-order chi connectivity index (χ0) is 27.0. The number of piperidine rings is 1. The molecule has 0 aliphatic carbocycles. The molecule has 5 rings (SSSR count). The summed E-state index contributed by atoms with van der Waals surface area (Å²) in [7, 11) is 1.49. The summed E-state index contributed by atoms with van der Waals surface area (Å²) in [6.45, 7) is 1.69. The molecule has 2 amide bonds. The van der Waals surface area contributed by atoms with E-state index in [4.69, 9.17) is 0 Å². The number of hydrogen-bond donors (Lipinski definition) is 1. The number of nitrogens with one attached hydrogen (secondary N) is 1. The fourth-order valence-corrected chi connectivity index (χ4v) is 5.07. The molecule has 1 aliphatic rings. The molecule has 0 bridgehead atoms. The van der Waals surface area contributed by atoms with Gasteiger partial charge in [0.25, 0.3) is 11.8 Å². The van der Waals surface area contributed by atoms with Crippen molar-refractivity contribution in [3.8, 4) is 5.88 Å². The second-order valence-corrected chi connectivity index (χ2v) is 9.51. The Hall–Kier alpha value is -4.28. The average Bonchev–Trinajstić information content (AvgIpc) is 3.46. The lowest BCUT2D eigenvalue weighted by Gasteiger charge is -2.39. The van der Waals surface area contributed by atoms with E-state index in [0.29, 0.717) is 25.1 Å². The van der Waals surface area contributed by atoms with Gasteiger partial charge in [0.15, 0.2) is 0 Å². The zero-order valence-corrected chi connectivity index (χ0v) is 21.3. The minimum absolute atomic E-state index is 0.0887. The first-order valence-electron chi connectivity index (χ1n) is 12.3. The smallest absolute Gasteiger partial charge is 0.388 e. The summed E-state index contributed by atoms with van der Waals surface area (Å²) in [6.07, 6.45) is 4.11. The van der Waals surface area contributed by atoms with Crippen molar-refractivity contribution in [3.63, 3.8) is 0 Å². The van der Waals surface area contributed by atoms with Crippen LogP contribution in [-0.2, 0) is 7.05 Å². The van der Waals surface area contributed by atoms with Crippen molar-refractivity contribution in [3.05, 3.63) is 82.9 Å². The molecule has 2 atom stereocenters. The average molecular weight is 523 g/mol. The van der Waals surface area contributed by atoms with Crippen LogP contribution in [0.1, 0.15) is 50.0 Å². The molecule has 1 aromatic carbocycles. The van der Waals surface area contributed by atoms with Crippen LogP contribution in [0.15, 0.2) is 54.9 Å². The number of carbonyl (C=O) groups is 2. The lowest BCUT2D eigenvalue weighted by Crippen LogP contribution is -2.51. The summed E-state index contributed by atoms with van der Waals surface area (Å²) in [5.41, 5.74) is 4.34. The largest absolute Gasteiger partial charge is 0.415 e. The van der Waals surface area contributed by atoms with E-state index in [1.807, 2.05) is 65.7 Å². The van der Waals surface area contributed by atoms with Gasteiger partial charge in [0.2, 0.25) is 5.88 Å². The second kappa shape index (κ2) is 10.2. The molecule has 11 heteroatoms. The predicted molar refractivity (Wildman–Crippen MR) is 135 cm³/mol.